The SMILES string of the molecule is Cc1cccc(-c2nc(CC(=O)C[C@H](C(=O)O)c3ccccc3)cs2)c1. The molecule has 0 unspecified atom stereocenters. The van der Waals surface area contributed by atoms with Gasteiger partial charge < -0.3 is 5.11 Å². The van der Waals surface area contributed by atoms with Crippen molar-refractivity contribution >= 4 is 23.1 Å². The number of hydrogen-bond acceptors (Lipinski definition) is 4. The van der Waals surface area contributed by atoms with Crippen molar-refractivity contribution < 1.29 is 14.7 Å². The van der Waals surface area contributed by atoms with Crippen LogP contribution < -0.4 is 0 Å². The zero-order valence-corrected chi connectivity index (χ0v) is 15.2. The van der Waals surface area contributed by atoms with E-state index in [4.69, 9.17) is 0 Å². The fraction of sp³-hybridized carbons (Fsp3) is 0.190. The molecule has 0 spiro atoms. The molecule has 1 aromatic heterocycles. The molecule has 0 saturated carbocycles. The quantitative estimate of drug-likeness (QED) is 0.670. The minimum Gasteiger partial charge on any atom is -0.481 e. The average Bonchev–Trinajstić information content (AvgIpc) is 3.08. The largest absolute Gasteiger partial charge is 0.481 e. The van der Waals surface area contributed by atoms with E-state index < -0.39 is 11.9 Å². The fourth-order valence-corrected chi connectivity index (χ4v) is 3.65. The number of aryl methyl sites for hydroxylation is 1. The Labute approximate surface area is 156 Å². The highest BCUT2D eigenvalue weighted by Crippen LogP contribution is 2.26. The number of hydrogen-bond donors (Lipinski definition) is 1. The summed E-state index contributed by atoms with van der Waals surface area (Å²) in [7, 11) is 0. The van der Waals surface area contributed by atoms with Crippen LogP contribution in [0.1, 0.15) is 29.2 Å². The van der Waals surface area contributed by atoms with Gasteiger partial charge in [0.2, 0.25) is 0 Å². The first-order chi connectivity index (χ1) is 12.5. The van der Waals surface area contributed by atoms with Crippen LogP contribution in [0.15, 0.2) is 60.0 Å². The number of carbonyl (C=O) groups excluding carboxylic acids is 1. The number of benzene rings is 2. The number of carbonyl (C=O) groups is 2. The van der Waals surface area contributed by atoms with Crippen LogP contribution in [-0.4, -0.2) is 21.8 Å². The summed E-state index contributed by atoms with van der Waals surface area (Å²) in [5, 5.41) is 12.2. The molecule has 0 bridgehead atoms. The number of carboxylic acids is 1. The lowest BCUT2D eigenvalue weighted by atomic mass is 9.93. The van der Waals surface area contributed by atoms with Gasteiger partial charge in [0.05, 0.1) is 11.6 Å². The molecule has 0 aliphatic heterocycles. The standard InChI is InChI=1S/C21H19NO3S/c1-14-6-5-9-16(10-14)20-22-17(13-26-20)11-18(23)12-19(21(24)25)15-7-3-2-4-8-15/h2-10,13,19H,11-12H2,1H3,(H,24,25)/t19-/m0/s1. The van der Waals surface area contributed by atoms with Crippen LogP contribution in [0.4, 0.5) is 0 Å². The Hall–Kier alpha value is -2.79. The molecule has 0 fully saturated rings. The minimum absolute atomic E-state index is 0.0311. The van der Waals surface area contributed by atoms with Crippen LogP contribution in [0.5, 0.6) is 0 Å². The van der Waals surface area contributed by atoms with Gasteiger partial charge in [-0.25, -0.2) is 4.98 Å². The first-order valence-electron chi connectivity index (χ1n) is 8.34. The van der Waals surface area contributed by atoms with Crippen LogP contribution >= 0.6 is 11.3 Å². The summed E-state index contributed by atoms with van der Waals surface area (Å²) in [6, 6.07) is 16.9. The second kappa shape index (κ2) is 8.06. The van der Waals surface area contributed by atoms with Crippen LogP contribution in [0.2, 0.25) is 0 Å². The number of Topliss-reactive ketones (excluding diaryl/α,β-unsaturated/α-hetero) is 1. The van der Waals surface area contributed by atoms with Gasteiger partial charge in [-0.15, -0.1) is 11.3 Å². The lowest BCUT2D eigenvalue weighted by Gasteiger charge is -2.11. The molecule has 0 radical (unpaired) electrons. The van der Waals surface area contributed by atoms with E-state index in [0.29, 0.717) is 11.3 Å². The summed E-state index contributed by atoms with van der Waals surface area (Å²) >= 11 is 1.50. The Kier molecular flexibility index (Phi) is 5.58. The molecule has 5 heteroatoms. The highest BCUT2D eigenvalue weighted by molar-refractivity contribution is 7.13. The van der Waals surface area contributed by atoms with Crippen molar-refractivity contribution in [2.24, 2.45) is 0 Å². The molecule has 26 heavy (non-hydrogen) atoms. The van der Waals surface area contributed by atoms with E-state index in [1.54, 1.807) is 24.3 Å². The lowest BCUT2D eigenvalue weighted by Crippen LogP contribution is -2.17. The highest BCUT2D eigenvalue weighted by atomic mass is 32.1. The van der Waals surface area contributed by atoms with Gasteiger partial charge >= 0.3 is 5.97 Å². The molecule has 0 aliphatic carbocycles. The van der Waals surface area contributed by atoms with E-state index >= 15 is 0 Å². The highest BCUT2D eigenvalue weighted by Gasteiger charge is 2.23. The third kappa shape index (κ3) is 4.43. The van der Waals surface area contributed by atoms with Gasteiger partial charge in [-0.05, 0) is 18.6 Å². The van der Waals surface area contributed by atoms with Crippen molar-refractivity contribution in [1.29, 1.82) is 0 Å². The number of thiazole rings is 1. The molecule has 1 heterocycles. The Morgan fingerprint density at radius 3 is 2.58 bits per heavy atom. The van der Waals surface area contributed by atoms with Gasteiger partial charge in [-0.2, -0.15) is 0 Å². The van der Waals surface area contributed by atoms with Gasteiger partial charge in [-0.1, -0.05) is 54.1 Å². The maximum atomic E-state index is 12.4. The van der Waals surface area contributed by atoms with Crippen molar-refractivity contribution in [2.75, 3.05) is 0 Å². The van der Waals surface area contributed by atoms with E-state index in [0.717, 1.165) is 16.1 Å². The summed E-state index contributed by atoms with van der Waals surface area (Å²) in [5.74, 6) is -1.93. The van der Waals surface area contributed by atoms with Crippen LogP contribution in [-0.2, 0) is 16.0 Å². The molecule has 2 aromatic carbocycles. The zero-order valence-electron chi connectivity index (χ0n) is 14.4. The molecule has 0 saturated heterocycles. The predicted molar refractivity (Wildman–Crippen MR) is 102 cm³/mol. The fourth-order valence-electron chi connectivity index (χ4n) is 2.83. The van der Waals surface area contributed by atoms with E-state index in [-0.39, 0.29) is 18.6 Å². The summed E-state index contributed by atoms with van der Waals surface area (Å²) in [6.07, 6.45) is 0.121. The van der Waals surface area contributed by atoms with Crippen molar-refractivity contribution in [3.05, 3.63) is 76.8 Å². The molecule has 3 rings (SSSR count). The second-order valence-electron chi connectivity index (χ2n) is 6.23. The topological polar surface area (TPSA) is 67.3 Å². The van der Waals surface area contributed by atoms with E-state index in [2.05, 4.69) is 11.1 Å². The normalized spacial score (nSPS) is 11.9. The van der Waals surface area contributed by atoms with Gasteiger partial charge in [0.15, 0.2) is 0 Å². The van der Waals surface area contributed by atoms with Crippen LogP contribution in [0, 0.1) is 6.92 Å². The second-order valence-corrected chi connectivity index (χ2v) is 7.09. The third-order valence-corrected chi connectivity index (χ3v) is 5.07. The number of rotatable bonds is 7. The number of carboxylic acid groups (broad SMARTS) is 1. The maximum Gasteiger partial charge on any atom is 0.311 e. The molecule has 3 aromatic rings. The monoisotopic (exact) mass is 365 g/mol. The molecular weight excluding hydrogens is 346 g/mol. The molecular formula is C21H19NO3S. The Morgan fingerprint density at radius 1 is 1.12 bits per heavy atom. The number of ketones is 1. The van der Waals surface area contributed by atoms with Gasteiger partial charge in [-0.3, -0.25) is 9.59 Å². The van der Waals surface area contributed by atoms with E-state index in [1.165, 1.54) is 11.3 Å². The number of nitrogens with zero attached hydrogens (tertiary/aromatic N) is 1. The molecule has 1 N–H and O–H groups in total. The van der Waals surface area contributed by atoms with Crippen LogP contribution in [0.3, 0.4) is 0 Å². The molecule has 132 valence electrons. The number of aromatic nitrogens is 1. The molecule has 1 atom stereocenters. The average molecular weight is 365 g/mol. The van der Waals surface area contributed by atoms with E-state index in [1.807, 2.05) is 36.6 Å². The summed E-state index contributed by atoms with van der Waals surface area (Å²) in [6.45, 7) is 2.02. The van der Waals surface area contributed by atoms with Gasteiger partial charge in [0.1, 0.15) is 10.8 Å². The minimum atomic E-state index is -0.983. The molecule has 0 aliphatic rings. The summed E-state index contributed by atoms with van der Waals surface area (Å²) in [4.78, 5) is 28.5. The van der Waals surface area contributed by atoms with Crippen molar-refractivity contribution in [2.45, 2.75) is 25.7 Å². The zero-order chi connectivity index (χ0) is 18.5. The summed E-state index contributed by atoms with van der Waals surface area (Å²) in [5.41, 5.74) is 3.52. The van der Waals surface area contributed by atoms with Crippen molar-refractivity contribution in [3.63, 3.8) is 0 Å². The first kappa shape index (κ1) is 18.0. The maximum absolute atomic E-state index is 12.4. The Balaban J connectivity index is 1.69. The van der Waals surface area contributed by atoms with Gasteiger partial charge in [0.25, 0.3) is 0 Å². The number of aliphatic carboxylic acids is 1. The first-order valence-corrected chi connectivity index (χ1v) is 9.22. The third-order valence-electron chi connectivity index (χ3n) is 4.13. The molecule has 0 amide bonds. The summed E-state index contributed by atoms with van der Waals surface area (Å²) < 4.78 is 0. The lowest BCUT2D eigenvalue weighted by molar-refractivity contribution is -0.140. The van der Waals surface area contributed by atoms with Crippen molar-refractivity contribution in [1.82, 2.24) is 4.98 Å². The predicted octanol–water partition coefficient (Wildman–Crippen LogP) is 4.49. The van der Waals surface area contributed by atoms with Crippen LogP contribution in [0.25, 0.3) is 10.6 Å². The Bertz CT molecular complexity index is 918. The smallest absolute Gasteiger partial charge is 0.311 e. The van der Waals surface area contributed by atoms with Gasteiger partial charge in [0, 0.05) is 23.8 Å². The molecule has 4 nitrogen and oxygen atoms in total. The van der Waals surface area contributed by atoms with Crippen molar-refractivity contribution in [3.8, 4) is 10.6 Å². The Morgan fingerprint density at radius 2 is 1.88 bits per heavy atom. The van der Waals surface area contributed by atoms with E-state index in [9.17, 15) is 14.7 Å².